The summed E-state index contributed by atoms with van der Waals surface area (Å²) >= 11 is 6.63. The van der Waals surface area contributed by atoms with Gasteiger partial charge in [-0.2, -0.15) is 0 Å². The number of piperidine rings is 1. The Morgan fingerprint density at radius 1 is 1.26 bits per heavy atom. The van der Waals surface area contributed by atoms with Crippen molar-refractivity contribution in [2.24, 2.45) is 5.92 Å². The van der Waals surface area contributed by atoms with Crippen LogP contribution in [0.4, 0.5) is 5.95 Å². The molecule has 0 bridgehead atoms. The second kappa shape index (κ2) is 8.13. The van der Waals surface area contributed by atoms with Crippen LogP contribution in [0.15, 0.2) is 36.5 Å². The Morgan fingerprint density at radius 3 is 2.85 bits per heavy atom. The Morgan fingerprint density at radius 2 is 2.07 bits per heavy atom. The van der Waals surface area contributed by atoms with Crippen molar-refractivity contribution in [3.63, 3.8) is 0 Å². The van der Waals surface area contributed by atoms with Gasteiger partial charge in [0.2, 0.25) is 5.95 Å². The number of nitrogens with one attached hydrogen (secondary N) is 1. The molecule has 6 heteroatoms. The molecular formula is C21H27ClN4O. The number of hydrogen-bond acceptors (Lipinski definition) is 5. The summed E-state index contributed by atoms with van der Waals surface area (Å²) in [6.45, 7) is 4.66. The van der Waals surface area contributed by atoms with Gasteiger partial charge in [0.1, 0.15) is 0 Å². The third-order valence-electron chi connectivity index (χ3n) is 5.95. The van der Waals surface area contributed by atoms with Crippen LogP contribution in [0.1, 0.15) is 30.5 Å². The molecule has 1 N–H and O–H groups in total. The highest BCUT2D eigenvalue weighted by atomic mass is 35.5. The van der Waals surface area contributed by atoms with Crippen LogP contribution in [0.5, 0.6) is 0 Å². The number of aromatic nitrogens is 2. The Labute approximate surface area is 166 Å². The van der Waals surface area contributed by atoms with Crippen LogP contribution in [0.3, 0.4) is 0 Å². The summed E-state index contributed by atoms with van der Waals surface area (Å²) in [5, 5.41) is 4.30. The number of rotatable bonds is 5. The minimum absolute atomic E-state index is 0.160. The number of ether oxygens (including phenoxy) is 1. The zero-order valence-corrected chi connectivity index (χ0v) is 16.6. The van der Waals surface area contributed by atoms with E-state index in [1.807, 2.05) is 18.3 Å². The lowest BCUT2D eigenvalue weighted by Gasteiger charge is -2.38. The second-order valence-electron chi connectivity index (χ2n) is 7.61. The van der Waals surface area contributed by atoms with E-state index in [0.29, 0.717) is 5.92 Å². The summed E-state index contributed by atoms with van der Waals surface area (Å²) in [5.74, 6) is 1.38. The Bertz CT molecular complexity index is 778. The lowest BCUT2D eigenvalue weighted by molar-refractivity contribution is 0.161. The van der Waals surface area contributed by atoms with E-state index in [4.69, 9.17) is 21.3 Å². The molecule has 1 aromatic heterocycles. The molecule has 0 unspecified atom stereocenters. The van der Waals surface area contributed by atoms with Crippen LogP contribution in [-0.4, -0.2) is 49.9 Å². The zero-order chi connectivity index (χ0) is 18.7. The number of methoxy groups -OCH3 is 1. The normalized spacial score (nSPS) is 22.1. The maximum atomic E-state index is 6.63. The summed E-state index contributed by atoms with van der Waals surface area (Å²) < 4.78 is 5.33. The SMILES string of the molecule is COC[C@H]1CCN(c2nccc(C3(c4ccccc4Cl)CCNCC3)n2)C1. The number of hydrogen-bond donors (Lipinski definition) is 1. The third kappa shape index (κ3) is 3.68. The van der Waals surface area contributed by atoms with Crippen molar-refractivity contribution in [1.29, 1.82) is 0 Å². The predicted octanol–water partition coefficient (Wildman–Crippen LogP) is 3.27. The van der Waals surface area contributed by atoms with Gasteiger partial charge >= 0.3 is 0 Å². The topological polar surface area (TPSA) is 50.3 Å². The monoisotopic (exact) mass is 386 g/mol. The van der Waals surface area contributed by atoms with Crippen molar-refractivity contribution in [3.05, 3.63) is 52.8 Å². The highest BCUT2D eigenvalue weighted by Crippen LogP contribution is 2.42. The van der Waals surface area contributed by atoms with Crippen molar-refractivity contribution in [2.75, 3.05) is 44.8 Å². The van der Waals surface area contributed by atoms with Gasteiger partial charge in [0.15, 0.2) is 0 Å². The molecule has 5 nitrogen and oxygen atoms in total. The fourth-order valence-electron chi connectivity index (χ4n) is 4.52. The Hall–Kier alpha value is -1.69. The molecule has 1 aromatic carbocycles. The maximum Gasteiger partial charge on any atom is 0.225 e. The largest absolute Gasteiger partial charge is 0.384 e. The van der Waals surface area contributed by atoms with Gasteiger partial charge in [0.05, 0.1) is 12.3 Å². The summed E-state index contributed by atoms with van der Waals surface area (Å²) in [7, 11) is 1.77. The van der Waals surface area contributed by atoms with Crippen molar-refractivity contribution >= 4 is 17.5 Å². The highest BCUT2D eigenvalue weighted by Gasteiger charge is 2.39. The van der Waals surface area contributed by atoms with Gasteiger partial charge in [-0.25, -0.2) is 9.97 Å². The first-order valence-corrected chi connectivity index (χ1v) is 10.1. The van der Waals surface area contributed by atoms with Crippen molar-refractivity contribution in [2.45, 2.75) is 24.7 Å². The summed E-state index contributed by atoms with van der Waals surface area (Å²) in [6.07, 6.45) is 5.00. The number of halogens is 1. The molecular weight excluding hydrogens is 360 g/mol. The van der Waals surface area contributed by atoms with Crippen LogP contribution in [0.2, 0.25) is 5.02 Å². The molecule has 144 valence electrons. The predicted molar refractivity (Wildman–Crippen MR) is 109 cm³/mol. The standard InChI is InChI=1S/C21H27ClN4O/c1-27-15-16-7-13-26(14-16)20-24-10-6-19(25-20)21(8-11-23-12-9-21)17-4-2-3-5-18(17)22/h2-6,10,16,23H,7-9,11-15H2,1H3/t16-/m0/s1. The van der Waals surface area contributed by atoms with Gasteiger partial charge in [0, 0.05) is 42.8 Å². The van der Waals surface area contributed by atoms with Crippen molar-refractivity contribution in [1.82, 2.24) is 15.3 Å². The molecule has 27 heavy (non-hydrogen) atoms. The first-order chi connectivity index (χ1) is 13.2. The molecule has 0 aliphatic carbocycles. The lowest BCUT2D eigenvalue weighted by atomic mass is 9.70. The van der Waals surface area contributed by atoms with E-state index in [9.17, 15) is 0 Å². The van der Waals surface area contributed by atoms with Gasteiger partial charge in [-0.15, -0.1) is 0 Å². The van der Waals surface area contributed by atoms with E-state index in [1.165, 1.54) is 5.56 Å². The van der Waals surface area contributed by atoms with E-state index in [0.717, 1.165) is 68.7 Å². The first kappa shape index (κ1) is 18.7. The smallest absolute Gasteiger partial charge is 0.225 e. The molecule has 0 spiro atoms. The summed E-state index contributed by atoms with van der Waals surface area (Å²) in [6, 6.07) is 10.3. The third-order valence-corrected chi connectivity index (χ3v) is 6.28. The highest BCUT2D eigenvalue weighted by molar-refractivity contribution is 6.31. The average Bonchev–Trinajstić information content (AvgIpc) is 3.18. The van der Waals surface area contributed by atoms with E-state index < -0.39 is 0 Å². The summed E-state index contributed by atoms with van der Waals surface area (Å²) in [4.78, 5) is 11.9. The molecule has 2 fully saturated rings. The molecule has 2 aliphatic heterocycles. The van der Waals surface area contributed by atoms with E-state index in [1.54, 1.807) is 7.11 Å². The number of anilines is 1. The van der Waals surface area contributed by atoms with E-state index >= 15 is 0 Å². The van der Waals surface area contributed by atoms with Gasteiger partial charge in [-0.3, -0.25) is 0 Å². The van der Waals surface area contributed by atoms with E-state index in [-0.39, 0.29) is 5.41 Å². The van der Waals surface area contributed by atoms with Crippen LogP contribution in [-0.2, 0) is 10.2 Å². The number of benzene rings is 1. The lowest BCUT2D eigenvalue weighted by Crippen LogP contribution is -2.41. The molecule has 3 heterocycles. The second-order valence-corrected chi connectivity index (χ2v) is 8.02. The van der Waals surface area contributed by atoms with Crippen LogP contribution in [0, 0.1) is 5.92 Å². The molecule has 0 amide bonds. The Balaban J connectivity index is 1.69. The molecule has 1 atom stereocenters. The first-order valence-electron chi connectivity index (χ1n) is 9.76. The quantitative estimate of drug-likeness (QED) is 0.854. The van der Waals surface area contributed by atoms with Gasteiger partial charge in [-0.05, 0) is 50.0 Å². The van der Waals surface area contributed by atoms with Crippen LogP contribution in [0.25, 0.3) is 0 Å². The minimum Gasteiger partial charge on any atom is -0.384 e. The zero-order valence-electron chi connectivity index (χ0n) is 15.8. The fourth-order valence-corrected chi connectivity index (χ4v) is 4.84. The Kier molecular flexibility index (Phi) is 5.62. The van der Waals surface area contributed by atoms with E-state index in [2.05, 4.69) is 33.4 Å². The number of nitrogens with zero attached hydrogens (tertiary/aromatic N) is 3. The fraction of sp³-hybridized carbons (Fsp3) is 0.524. The molecule has 4 rings (SSSR count). The van der Waals surface area contributed by atoms with Gasteiger partial charge < -0.3 is 15.0 Å². The van der Waals surface area contributed by atoms with Gasteiger partial charge in [-0.1, -0.05) is 29.8 Å². The molecule has 0 radical (unpaired) electrons. The molecule has 0 saturated carbocycles. The molecule has 2 aromatic rings. The van der Waals surface area contributed by atoms with Crippen molar-refractivity contribution in [3.8, 4) is 0 Å². The van der Waals surface area contributed by atoms with Gasteiger partial charge in [0.25, 0.3) is 0 Å². The van der Waals surface area contributed by atoms with Crippen molar-refractivity contribution < 1.29 is 4.74 Å². The molecule has 2 aliphatic rings. The van der Waals surface area contributed by atoms with Crippen LogP contribution >= 0.6 is 11.6 Å². The maximum absolute atomic E-state index is 6.63. The molecule has 2 saturated heterocycles. The summed E-state index contributed by atoms with van der Waals surface area (Å²) in [5.41, 5.74) is 2.10. The van der Waals surface area contributed by atoms with Crippen LogP contribution < -0.4 is 10.2 Å². The minimum atomic E-state index is -0.160. The average molecular weight is 387 g/mol.